The molecule has 0 saturated carbocycles. The van der Waals surface area contributed by atoms with Crippen molar-refractivity contribution in [1.82, 2.24) is 20.5 Å². The van der Waals surface area contributed by atoms with Gasteiger partial charge in [0.2, 0.25) is 0 Å². The van der Waals surface area contributed by atoms with Crippen molar-refractivity contribution in [3.05, 3.63) is 51.7 Å². The van der Waals surface area contributed by atoms with Crippen LogP contribution in [0.4, 0.5) is 4.39 Å². The van der Waals surface area contributed by atoms with Crippen LogP contribution < -0.4 is 10.6 Å². The molecular formula is C20H29FIN5S. The number of likely N-dealkylation sites (tertiary alicyclic amines) is 1. The number of aliphatic imine (C=N–C) groups is 1. The normalized spacial score (nSPS) is 15.9. The fourth-order valence-corrected chi connectivity index (χ4v) is 3.96. The number of halogens is 2. The van der Waals surface area contributed by atoms with Crippen molar-refractivity contribution < 1.29 is 4.39 Å². The van der Waals surface area contributed by atoms with Gasteiger partial charge in [-0.05, 0) is 56.5 Å². The first-order valence-corrected chi connectivity index (χ1v) is 10.3. The molecule has 0 radical (unpaired) electrons. The van der Waals surface area contributed by atoms with E-state index in [0.29, 0.717) is 12.5 Å². The van der Waals surface area contributed by atoms with Crippen molar-refractivity contribution in [2.45, 2.75) is 32.9 Å². The molecule has 1 aliphatic heterocycles. The Bertz CT molecular complexity index is 759. The molecule has 3 rings (SSSR count). The van der Waals surface area contributed by atoms with Crippen LogP contribution in [0.2, 0.25) is 0 Å². The van der Waals surface area contributed by atoms with E-state index in [-0.39, 0.29) is 29.8 Å². The number of aryl methyl sites for hydroxylation is 1. The predicted molar refractivity (Wildman–Crippen MR) is 125 cm³/mol. The molecule has 0 unspecified atom stereocenters. The zero-order valence-electron chi connectivity index (χ0n) is 16.4. The molecule has 2 heterocycles. The van der Waals surface area contributed by atoms with Gasteiger partial charge < -0.3 is 10.6 Å². The SMILES string of the molecule is CN=C(NCc1cccc(F)c1)NCC1CCN(Cc2csc(C)n2)CC1.I. The lowest BCUT2D eigenvalue weighted by atomic mass is 9.97. The van der Waals surface area contributed by atoms with E-state index in [1.807, 2.05) is 6.07 Å². The van der Waals surface area contributed by atoms with E-state index in [4.69, 9.17) is 0 Å². The Morgan fingerprint density at radius 2 is 2.11 bits per heavy atom. The average Bonchev–Trinajstić information content (AvgIpc) is 3.08. The molecule has 2 N–H and O–H groups in total. The maximum Gasteiger partial charge on any atom is 0.191 e. The molecule has 2 aromatic rings. The first-order chi connectivity index (χ1) is 13.1. The van der Waals surface area contributed by atoms with E-state index in [0.717, 1.165) is 42.7 Å². The number of piperidine rings is 1. The van der Waals surface area contributed by atoms with E-state index in [1.165, 1.54) is 24.6 Å². The number of aromatic nitrogens is 1. The number of hydrogen-bond acceptors (Lipinski definition) is 4. The topological polar surface area (TPSA) is 52.6 Å². The van der Waals surface area contributed by atoms with Gasteiger partial charge in [-0.15, -0.1) is 35.3 Å². The van der Waals surface area contributed by atoms with Gasteiger partial charge in [0.1, 0.15) is 5.82 Å². The van der Waals surface area contributed by atoms with Crippen LogP contribution in [0.1, 0.15) is 29.1 Å². The standard InChI is InChI=1S/C20H28FN5S.HI/c1-15-25-19(14-27-15)13-26-8-6-16(7-9-26)11-23-20(22-2)24-12-17-4-3-5-18(21)10-17;/h3-5,10,14,16H,6-9,11-13H2,1-2H3,(H2,22,23,24);1H. The monoisotopic (exact) mass is 517 g/mol. The van der Waals surface area contributed by atoms with Gasteiger partial charge in [-0.3, -0.25) is 9.89 Å². The summed E-state index contributed by atoms with van der Waals surface area (Å²) < 4.78 is 13.3. The van der Waals surface area contributed by atoms with Gasteiger partial charge in [0.25, 0.3) is 0 Å². The number of benzene rings is 1. The summed E-state index contributed by atoms with van der Waals surface area (Å²) in [5.41, 5.74) is 2.10. The first-order valence-electron chi connectivity index (χ1n) is 9.44. The van der Waals surface area contributed by atoms with Gasteiger partial charge in [0.05, 0.1) is 10.7 Å². The lowest BCUT2D eigenvalue weighted by molar-refractivity contribution is 0.176. The number of guanidine groups is 1. The van der Waals surface area contributed by atoms with Crippen LogP contribution in [-0.2, 0) is 13.1 Å². The van der Waals surface area contributed by atoms with Gasteiger partial charge >= 0.3 is 0 Å². The van der Waals surface area contributed by atoms with E-state index in [2.05, 4.69) is 37.8 Å². The summed E-state index contributed by atoms with van der Waals surface area (Å²) in [6, 6.07) is 6.63. The molecule has 0 atom stereocenters. The highest BCUT2D eigenvalue weighted by Crippen LogP contribution is 2.19. The Balaban J connectivity index is 0.00000280. The third-order valence-corrected chi connectivity index (χ3v) is 5.71. The Hall–Kier alpha value is -1.26. The quantitative estimate of drug-likeness (QED) is 0.348. The molecule has 8 heteroatoms. The van der Waals surface area contributed by atoms with Crippen molar-refractivity contribution in [3.8, 4) is 0 Å². The zero-order chi connectivity index (χ0) is 19.1. The predicted octanol–water partition coefficient (Wildman–Crippen LogP) is 3.79. The highest BCUT2D eigenvalue weighted by Gasteiger charge is 2.20. The molecule has 0 bridgehead atoms. The summed E-state index contributed by atoms with van der Waals surface area (Å²) in [5, 5.41) is 9.96. The second-order valence-corrected chi connectivity index (χ2v) is 8.08. The van der Waals surface area contributed by atoms with Crippen molar-refractivity contribution >= 4 is 41.3 Å². The molecule has 28 heavy (non-hydrogen) atoms. The van der Waals surface area contributed by atoms with Crippen molar-refractivity contribution in [2.75, 3.05) is 26.7 Å². The Labute approximate surface area is 187 Å². The van der Waals surface area contributed by atoms with E-state index in [1.54, 1.807) is 30.5 Å². The largest absolute Gasteiger partial charge is 0.356 e. The molecule has 0 aliphatic carbocycles. The minimum absolute atomic E-state index is 0. The summed E-state index contributed by atoms with van der Waals surface area (Å²) >= 11 is 1.72. The second-order valence-electron chi connectivity index (χ2n) is 7.01. The van der Waals surface area contributed by atoms with Crippen LogP contribution in [0.5, 0.6) is 0 Å². The van der Waals surface area contributed by atoms with Crippen LogP contribution in [-0.4, -0.2) is 42.5 Å². The highest BCUT2D eigenvalue weighted by atomic mass is 127. The molecule has 154 valence electrons. The lowest BCUT2D eigenvalue weighted by Crippen LogP contribution is -2.42. The van der Waals surface area contributed by atoms with Crippen LogP contribution in [0.15, 0.2) is 34.6 Å². The number of rotatable bonds is 6. The van der Waals surface area contributed by atoms with Crippen LogP contribution in [0.3, 0.4) is 0 Å². The Morgan fingerprint density at radius 3 is 2.75 bits per heavy atom. The molecule has 1 aromatic heterocycles. The minimum Gasteiger partial charge on any atom is -0.356 e. The highest BCUT2D eigenvalue weighted by molar-refractivity contribution is 14.0. The maximum atomic E-state index is 13.3. The van der Waals surface area contributed by atoms with Gasteiger partial charge in [-0.25, -0.2) is 9.37 Å². The summed E-state index contributed by atoms with van der Waals surface area (Å²) in [6.45, 7) is 6.70. The summed E-state index contributed by atoms with van der Waals surface area (Å²) in [4.78, 5) is 11.3. The van der Waals surface area contributed by atoms with E-state index >= 15 is 0 Å². The van der Waals surface area contributed by atoms with Crippen LogP contribution in [0, 0.1) is 18.7 Å². The molecule has 1 aromatic carbocycles. The molecule has 0 spiro atoms. The fraction of sp³-hybridized carbons (Fsp3) is 0.500. The van der Waals surface area contributed by atoms with E-state index in [9.17, 15) is 4.39 Å². The Kier molecular flexibility index (Phi) is 9.60. The molecule has 1 aliphatic rings. The lowest BCUT2D eigenvalue weighted by Gasteiger charge is -2.31. The van der Waals surface area contributed by atoms with E-state index < -0.39 is 0 Å². The van der Waals surface area contributed by atoms with Crippen LogP contribution >= 0.6 is 35.3 Å². The first kappa shape index (κ1) is 23.0. The molecule has 1 saturated heterocycles. The molecule has 5 nitrogen and oxygen atoms in total. The van der Waals surface area contributed by atoms with Crippen molar-refractivity contribution in [3.63, 3.8) is 0 Å². The fourth-order valence-electron chi connectivity index (χ4n) is 3.35. The molecule has 1 fully saturated rings. The number of hydrogen-bond donors (Lipinski definition) is 2. The van der Waals surface area contributed by atoms with Crippen LogP contribution in [0.25, 0.3) is 0 Å². The Morgan fingerprint density at radius 1 is 1.32 bits per heavy atom. The third kappa shape index (κ3) is 7.29. The van der Waals surface area contributed by atoms with Gasteiger partial charge in [-0.2, -0.15) is 0 Å². The van der Waals surface area contributed by atoms with Gasteiger partial charge in [0, 0.05) is 32.1 Å². The maximum absolute atomic E-state index is 13.3. The molecular weight excluding hydrogens is 488 g/mol. The number of nitrogens with zero attached hydrogens (tertiary/aromatic N) is 3. The summed E-state index contributed by atoms with van der Waals surface area (Å²) in [5.74, 6) is 1.20. The second kappa shape index (κ2) is 11.7. The average molecular weight is 517 g/mol. The minimum atomic E-state index is -0.211. The molecule has 0 amide bonds. The smallest absolute Gasteiger partial charge is 0.191 e. The number of thiazole rings is 1. The van der Waals surface area contributed by atoms with Gasteiger partial charge in [-0.1, -0.05) is 12.1 Å². The summed E-state index contributed by atoms with van der Waals surface area (Å²) in [6.07, 6.45) is 2.36. The number of nitrogens with one attached hydrogen (secondary N) is 2. The van der Waals surface area contributed by atoms with Crippen molar-refractivity contribution in [1.29, 1.82) is 0 Å². The van der Waals surface area contributed by atoms with Crippen molar-refractivity contribution in [2.24, 2.45) is 10.9 Å². The van der Waals surface area contributed by atoms with Gasteiger partial charge in [0.15, 0.2) is 5.96 Å². The summed E-state index contributed by atoms with van der Waals surface area (Å²) in [7, 11) is 1.76. The zero-order valence-corrected chi connectivity index (χ0v) is 19.6. The third-order valence-electron chi connectivity index (χ3n) is 4.89.